The van der Waals surface area contributed by atoms with E-state index >= 15 is 0 Å². The van der Waals surface area contributed by atoms with E-state index in [0.717, 1.165) is 31.2 Å². The Morgan fingerprint density at radius 1 is 1.04 bits per heavy atom. The topological polar surface area (TPSA) is 86.7 Å². The minimum absolute atomic E-state index is 0. The molecule has 2 aromatic rings. The van der Waals surface area contributed by atoms with Gasteiger partial charge in [0.15, 0.2) is 0 Å². The Labute approximate surface area is 198 Å². The quantitative estimate of drug-likeness (QED) is 0.388. The van der Waals surface area contributed by atoms with Gasteiger partial charge in [-0.05, 0) is 36.6 Å². The Morgan fingerprint density at radius 2 is 1.73 bits per heavy atom. The average molecular weight is 403 g/mol. The van der Waals surface area contributed by atoms with Gasteiger partial charge >= 0.3 is 51.4 Å². The monoisotopic (exact) mass is 402 g/mol. The van der Waals surface area contributed by atoms with Crippen molar-refractivity contribution in [3.63, 3.8) is 0 Å². The molecule has 5 nitrogen and oxygen atoms in total. The van der Waals surface area contributed by atoms with E-state index in [4.69, 9.17) is 4.74 Å². The molecule has 2 rings (SSSR count). The molecule has 0 aliphatic carbocycles. The molecule has 0 aliphatic heterocycles. The number of hydrogen-bond acceptors (Lipinski definition) is 4. The predicted octanol–water partition coefficient (Wildman–Crippen LogP) is 1.32. The van der Waals surface area contributed by atoms with Gasteiger partial charge in [0.25, 0.3) is 10.1 Å². The molecule has 0 amide bonds. The molecule has 0 saturated heterocycles. The normalized spacial score (nSPS) is 11.0. The van der Waals surface area contributed by atoms with Crippen molar-refractivity contribution in [2.45, 2.75) is 50.3 Å². The Balaban J connectivity index is 0.00000338. The van der Waals surface area contributed by atoms with Crippen molar-refractivity contribution in [1.29, 1.82) is 0 Å². The van der Waals surface area contributed by atoms with Crippen LogP contribution < -0.4 is 61.2 Å². The van der Waals surface area contributed by atoms with Gasteiger partial charge in [0.2, 0.25) is 0 Å². The zero-order valence-electron chi connectivity index (χ0n) is 15.3. The first-order valence-electron chi connectivity index (χ1n) is 8.45. The standard InChI is InChI=1S/C19H24O5S.K/c1-2-3-4-5-6-9-15-12-16(14-17(13-15)25(21,22)23)24-19-11-8-7-10-18(19)20;/h7-8,10-14,20H,2-6,9H2,1H3,(H,21,22,23);/q;+1/p-1. The summed E-state index contributed by atoms with van der Waals surface area (Å²) in [5.41, 5.74) is 0.755. The number of hydrogen-bond donors (Lipinski definition) is 1. The van der Waals surface area contributed by atoms with Crippen molar-refractivity contribution in [2.75, 3.05) is 0 Å². The van der Waals surface area contributed by atoms with Crippen LogP contribution in [0.2, 0.25) is 0 Å². The molecular formula is C19H23KO5S. The van der Waals surface area contributed by atoms with Gasteiger partial charge < -0.3 is 9.84 Å². The third-order valence-electron chi connectivity index (χ3n) is 3.88. The van der Waals surface area contributed by atoms with Gasteiger partial charge in [0, 0.05) is 6.07 Å². The summed E-state index contributed by atoms with van der Waals surface area (Å²) >= 11 is 0. The van der Waals surface area contributed by atoms with E-state index in [-0.39, 0.29) is 73.5 Å². The second-order valence-corrected chi connectivity index (χ2v) is 7.42. The minimum atomic E-state index is -4.35. The molecule has 0 saturated carbocycles. The van der Waals surface area contributed by atoms with E-state index in [9.17, 15) is 18.1 Å². The molecule has 7 heteroatoms. The predicted molar refractivity (Wildman–Crippen MR) is 94.7 cm³/mol. The molecule has 0 spiro atoms. The van der Waals surface area contributed by atoms with Gasteiger partial charge in [-0.3, -0.25) is 4.55 Å². The maximum absolute atomic E-state index is 11.8. The summed E-state index contributed by atoms with van der Waals surface area (Å²) in [5.74, 6) is 0.0479. The van der Waals surface area contributed by atoms with Crippen molar-refractivity contribution in [3.8, 4) is 17.2 Å². The maximum atomic E-state index is 11.8. The average Bonchev–Trinajstić information content (AvgIpc) is 2.56. The zero-order valence-corrected chi connectivity index (χ0v) is 19.2. The van der Waals surface area contributed by atoms with Crippen molar-refractivity contribution in [1.82, 2.24) is 0 Å². The Morgan fingerprint density at radius 3 is 2.38 bits per heavy atom. The second kappa shape index (κ2) is 11.4. The molecule has 0 aliphatic rings. The number of rotatable bonds is 9. The van der Waals surface area contributed by atoms with Crippen molar-refractivity contribution in [2.24, 2.45) is 0 Å². The van der Waals surface area contributed by atoms with Crippen LogP contribution in [0.3, 0.4) is 0 Å². The molecule has 0 fully saturated rings. The van der Waals surface area contributed by atoms with E-state index in [2.05, 4.69) is 6.92 Å². The number of unbranched alkanes of at least 4 members (excludes halogenated alkanes) is 4. The first-order chi connectivity index (χ1) is 11.9. The summed E-state index contributed by atoms with van der Waals surface area (Å²) in [4.78, 5) is -0.225. The molecular weight excluding hydrogens is 379 g/mol. The smallest absolute Gasteiger partial charge is 0.870 e. The molecule has 0 heterocycles. The molecule has 136 valence electrons. The minimum Gasteiger partial charge on any atom is -0.870 e. The van der Waals surface area contributed by atoms with Crippen molar-refractivity contribution in [3.05, 3.63) is 48.0 Å². The fourth-order valence-electron chi connectivity index (χ4n) is 2.58. The third kappa shape index (κ3) is 7.68. The zero-order chi connectivity index (χ0) is 18.3. The molecule has 0 bridgehead atoms. The molecule has 0 unspecified atom stereocenters. The van der Waals surface area contributed by atoms with Crippen LogP contribution in [0, 0.1) is 0 Å². The molecule has 26 heavy (non-hydrogen) atoms. The van der Waals surface area contributed by atoms with E-state index in [1.54, 1.807) is 18.2 Å². The molecule has 1 N–H and O–H groups in total. The summed E-state index contributed by atoms with van der Waals surface area (Å²) in [6.07, 6.45) is 6.14. The van der Waals surface area contributed by atoms with Crippen LogP contribution in [0.5, 0.6) is 17.2 Å². The first kappa shape index (κ1) is 23.6. The maximum Gasteiger partial charge on any atom is 1.00 e. The van der Waals surface area contributed by atoms with Gasteiger partial charge in [-0.1, -0.05) is 56.6 Å². The summed E-state index contributed by atoms with van der Waals surface area (Å²) in [7, 11) is -4.35. The van der Waals surface area contributed by atoms with Crippen molar-refractivity contribution >= 4 is 10.1 Å². The van der Waals surface area contributed by atoms with Crippen molar-refractivity contribution < 1.29 is 74.2 Å². The third-order valence-corrected chi connectivity index (χ3v) is 4.72. The molecule has 0 aromatic heterocycles. The Hall–Kier alpha value is -0.414. The fourth-order valence-corrected chi connectivity index (χ4v) is 3.14. The summed E-state index contributed by atoms with van der Waals surface area (Å²) in [6, 6.07) is 10.5. The van der Waals surface area contributed by atoms with Crippen LogP contribution in [-0.4, -0.2) is 13.0 Å². The largest absolute Gasteiger partial charge is 1.00 e. The molecule has 2 aromatic carbocycles. The van der Waals surface area contributed by atoms with Gasteiger partial charge in [-0.2, -0.15) is 8.42 Å². The Bertz CT molecular complexity index is 805. The summed E-state index contributed by atoms with van der Waals surface area (Å²) in [6.45, 7) is 2.15. The van der Waals surface area contributed by atoms with Crippen LogP contribution in [0.4, 0.5) is 0 Å². The second-order valence-electron chi connectivity index (χ2n) is 6.00. The van der Waals surface area contributed by atoms with Gasteiger partial charge in [0.05, 0.1) is 4.90 Å². The Kier molecular flexibility index (Phi) is 10.4. The van der Waals surface area contributed by atoms with E-state index in [0.29, 0.717) is 6.42 Å². The van der Waals surface area contributed by atoms with E-state index in [1.165, 1.54) is 30.7 Å². The SMILES string of the molecule is CCCCCCCc1cc(Oc2ccccc2[O-])cc(S(=O)(=O)O)c1.[K+]. The van der Waals surface area contributed by atoms with E-state index in [1.807, 2.05) is 0 Å². The van der Waals surface area contributed by atoms with Crippen LogP contribution in [0.15, 0.2) is 47.4 Å². The van der Waals surface area contributed by atoms with E-state index < -0.39 is 10.1 Å². The number of aryl methyl sites for hydroxylation is 1. The molecule has 0 radical (unpaired) electrons. The summed E-state index contributed by atoms with van der Waals surface area (Å²) < 4.78 is 37.9. The van der Waals surface area contributed by atoms with Crippen LogP contribution in [0.1, 0.15) is 44.6 Å². The number of para-hydroxylation sites is 2. The molecule has 0 atom stereocenters. The number of ether oxygens (including phenoxy) is 1. The first-order valence-corrected chi connectivity index (χ1v) is 9.89. The fraction of sp³-hybridized carbons (Fsp3) is 0.368. The summed E-state index contributed by atoms with van der Waals surface area (Å²) in [5, 5.41) is 11.8. The van der Waals surface area contributed by atoms with Crippen LogP contribution in [-0.2, 0) is 16.5 Å². The van der Waals surface area contributed by atoms with Crippen LogP contribution in [0.25, 0.3) is 0 Å². The van der Waals surface area contributed by atoms with Gasteiger partial charge in [-0.25, -0.2) is 0 Å². The van der Waals surface area contributed by atoms with Gasteiger partial charge in [-0.15, -0.1) is 0 Å². The number of benzene rings is 2. The van der Waals surface area contributed by atoms with Gasteiger partial charge in [0.1, 0.15) is 11.5 Å². The van der Waals surface area contributed by atoms with Crippen LogP contribution >= 0.6 is 0 Å².